The van der Waals surface area contributed by atoms with E-state index in [-0.39, 0.29) is 12.7 Å². The van der Waals surface area contributed by atoms with Crippen molar-refractivity contribution < 1.29 is 14.6 Å². The normalized spacial score (nSPS) is 17.3. The van der Waals surface area contributed by atoms with Crippen LogP contribution in [-0.2, 0) is 18.0 Å². The molecule has 2 aromatic carbocycles. The standard InChI is InChI=1S/C19H21NO3/c21-13-16-7-4-8-17(11-16)18-9-10-20(12-18)19(22)23-14-15-5-2-1-3-6-15/h1-8,11,18,21H,9-10,12-14H2. The van der Waals surface area contributed by atoms with Crippen LogP contribution in [0.4, 0.5) is 4.79 Å². The highest BCUT2D eigenvalue weighted by molar-refractivity contribution is 5.68. The van der Waals surface area contributed by atoms with Crippen LogP contribution in [0.3, 0.4) is 0 Å². The minimum atomic E-state index is -0.255. The third-order valence-corrected chi connectivity index (χ3v) is 4.26. The van der Waals surface area contributed by atoms with E-state index >= 15 is 0 Å². The van der Waals surface area contributed by atoms with Crippen LogP contribution < -0.4 is 0 Å². The summed E-state index contributed by atoms with van der Waals surface area (Å²) in [6, 6.07) is 17.6. The van der Waals surface area contributed by atoms with Crippen molar-refractivity contribution >= 4 is 6.09 Å². The van der Waals surface area contributed by atoms with E-state index in [1.165, 1.54) is 5.56 Å². The summed E-state index contributed by atoms with van der Waals surface area (Å²) < 4.78 is 5.39. The highest BCUT2D eigenvalue weighted by atomic mass is 16.6. The largest absolute Gasteiger partial charge is 0.445 e. The molecule has 1 saturated heterocycles. The average molecular weight is 311 g/mol. The SMILES string of the molecule is O=C(OCc1ccccc1)N1CCC(c2cccc(CO)c2)C1. The molecule has 4 nitrogen and oxygen atoms in total. The number of carbonyl (C=O) groups is 1. The van der Waals surface area contributed by atoms with Crippen LogP contribution in [-0.4, -0.2) is 29.2 Å². The molecule has 4 heteroatoms. The van der Waals surface area contributed by atoms with E-state index in [0.717, 1.165) is 17.5 Å². The number of hydrogen-bond acceptors (Lipinski definition) is 3. The van der Waals surface area contributed by atoms with E-state index in [9.17, 15) is 9.90 Å². The Morgan fingerprint density at radius 2 is 1.91 bits per heavy atom. The van der Waals surface area contributed by atoms with Crippen LogP contribution in [0.25, 0.3) is 0 Å². The maximum absolute atomic E-state index is 12.2. The van der Waals surface area contributed by atoms with Gasteiger partial charge in [0, 0.05) is 19.0 Å². The summed E-state index contributed by atoms with van der Waals surface area (Å²) in [6.07, 6.45) is 0.671. The third-order valence-electron chi connectivity index (χ3n) is 4.26. The Bertz CT molecular complexity index is 657. The smallest absolute Gasteiger partial charge is 0.410 e. The summed E-state index contributed by atoms with van der Waals surface area (Å²) in [6.45, 7) is 1.73. The highest BCUT2D eigenvalue weighted by Gasteiger charge is 2.28. The van der Waals surface area contributed by atoms with Gasteiger partial charge in [0.05, 0.1) is 6.61 Å². The molecule has 0 saturated carbocycles. The molecule has 3 rings (SSSR count). The van der Waals surface area contributed by atoms with Crippen molar-refractivity contribution in [3.05, 3.63) is 71.3 Å². The molecule has 2 aromatic rings. The Balaban J connectivity index is 1.55. The summed E-state index contributed by atoms with van der Waals surface area (Å²) in [5.74, 6) is 0.311. The van der Waals surface area contributed by atoms with Crippen molar-refractivity contribution in [2.45, 2.75) is 25.6 Å². The third kappa shape index (κ3) is 3.90. The first-order chi connectivity index (χ1) is 11.3. The summed E-state index contributed by atoms with van der Waals surface area (Å²) in [7, 11) is 0. The van der Waals surface area contributed by atoms with Gasteiger partial charge >= 0.3 is 6.09 Å². The van der Waals surface area contributed by atoms with Gasteiger partial charge in [0.25, 0.3) is 0 Å². The fraction of sp³-hybridized carbons (Fsp3) is 0.316. The molecule has 1 amide bonds. The average Bonchev–Trinajstić information content (AvgIpc) is 3.11. The maximum Gasteiger partial charge on any atom is 0.410 e. The second kappa shape index (κ2) is 7.29. The lowest BCUT2D eigenvalue weighted by Gasteiger charge is -2.17. The van der Waals surface area contributed by atoms with Crippen molar-refractivity contribution in [3.63, 3.8) is 0 Å². The number of carbonyl (C=O) groups excluding carboxylic acids is 1. The zero-order valence-electron chi connectivity index (χ0n) is 13.0. The van der Waals surface area contributed by atoms with Gasteiger partial charge < -0.3 is 14.7 Å². The van der Waals surface area contributed by atoms with E-state index in [1.54, 1.807) is 4.90 Å². The monoisotopic (exact) mass is 311 g/mol. The molecule has 1 aliphatic heterocycles. The molecule has 0 aliphatic carbocycles. The minimum absolute atomic E-state index is 0.0450. The van der Waals surface area contributed by atoms with Gasteiger partial charge in [0.1, 0.15) is 6.61 Å². The maximum atomic E-state index is 12.2. The second-order valence-electron chi connectivity index (χ2n) is 5.87. The Morgan fingerprint density at radius 3 is 2.70 bits per heavy atom. The second-order valence-corrected chi connectivity index (χ2v) is 5.87. The first kappa shape index (κ1) is 15.6. The molecule has 1 aliphatic rings. The molecule has 23 heavy (non-hydrogen) atoms. The molecule has 1 fully saturated rings. The fourth-order valence-corrected chi connectivity index (χ4v) is 2.95. The van der Waals surface area contributed by atoms with E-state index in [2.05, 4.69) is 6.07 Å². The Kier molecular flexibility index (Phi) is 4.93. The number of benzene rings is 2. The quantitative estimate of drug-likeness (QED) is 0.942. The minimum Gasteiger partial charge on any atom is -0.445 e. The first-order valence-electron chi connectivity index (χ1n) is 7.91. The van der Waals surface area contributed by atoms with Crippen molar-refractivity contribution in [1.82, 2.24) is 4.90 Å². The number of rotatable bonds is 4. The fourth-order valence-electron chi connectivity index (χ4n) is 2.95. The summed E-state index contributed by atoms with van der Waals surface area (Å²) >= 11 is 0. The van der Waals surface area contributed by atoms with Crippen LogP contribution in [0, 0.1) is 0 Å². The van der Waals surface area contributed by atoms with E-state index in [1.807, 2.05) is 48.5 Å². The number of aliphatic hydroxyl groups is 1. The first-order valence-corrected chi connectivity index (χ1v) is 7.91. The van der Waals surface area contributed by atoms with Gasteiger partial charge in [-0.15, -0.1) is 0 Å². The van der Waals surface area contributed by atoms with Crippen molar-refractivity contribution in [1.29, 1.82) is 0 Å². The molecule has 1 unspecified atom stereocenters. The summed E-state index contributed by atoms with van der Waals surface area (Å²) in [5, 5.41) is 9.24. The number of amides is 1. The molecule has 0 spiro atoms. The molecule has 0 bridgehead atoms. The van der Waals surface area contributed by atoms with Crippen molar-refractivity contribution in [2.24, 2.45) is 0 Å². The van der Waals surface area contributed by atoms with Gasteiger partial charge in [-0.1, -0.05) is 54.6 Å². The molecule has 0 aromatic heterocycles. The number of hydrogen-bond donors (Lipinski definition) is 1. The van der Waals surface area contributed by atoms with Crippen LogP contribution in [0.2, 0.25) is 0 Å². The highest BCUT2D eigenvalue weighted by Crippen LogP contribution is 2.28. The van der Waals surface area contributed by atoms with E-state index < -0.39 is 0 Å². The lowest BCUT2D eigenvalue weighted by Crippen LogP contribution is -2.29. The Morgan fingerprint density at radius 1 is 1.13 bits per heavy atom. The lowest BCUT2D eigenvalue weighted by atomic mass is 9.97. The number of aliphatic hydroxyl groups excluding tert-OH is 1. The van der Waals surface area contributed by atoms with Gasteiger partial charge in [-0.2, -0.15) is 0 Å². The predicted molar refractivity (Wildman–Crippen MR) is 87.9 cm³/mol. The number of ether oxygens (including phenoxy) is 1. The zero-order chi connectivity index (χ0) is 16.1. The Hall–Kier alpha value is -2.33. The molecule has 1 atom stereocenters. The Labute approximate surface area is 136 Å². The zero-order valence-corrected chi connectivity index (χ0v) is 13.0. The number of likely N-dealkylation sites (tertiary alicyclic amines) is 1. The topological polar surface area (TPSA) is 49.8 Å². The van der Waals surface area contributed by atoms with Crippen LogP contribution in [0.1, 0.15) is 29.0 Å². The van der Waals surface area contributed by atoms with E-state index in [4.69, 9.17) is 4.74 Å². The number of nitrogens with zero attached hydrogens (tertiary/aromatic N) is 1. The van der Waals surface area contributed by atoms with Crippen LogP contribution >= 0.6 is 0 Å². The van der Waals surface area contributed by atoms with Gasteiger partial charge in [-0.3, -0.25) is 0 Å². The summed E-state index contributed by atoms with van der Waals surface area (Å²) in [5.41, 5.74) is 3.08. The molecule has 1 N–H and O–H groups in total. The van der Waals surface area contributed by atoms with Crippen molar-refractivity contribution in [2.75, 3.05) is 13.1 Å². The molecule has 1 heterocycles. The van der Waals surface area contributed by atoms with Crippen LogP contribution in [0.15, 0.2) is 54.6 Å². The van der Waals surface area contributed by atoms with Gasteiger partial charge in [-0.25, -0.2) is 4.79 Å². The van der Waals surface area contributed by atoms with Gasteiger partial charge in [0.15, 0.2) is 0 Å². The van der Waals surface area contributed by atoms with Crippen molar-refractivity contribution in [3.8, 4) is 0 Å². The molecule has 120 valence electrons. The summed E-state index contributed by atoms with van der Waals surface area (Å²) in [4.78, 5) is 13.9. The van der Waals surface area contributed by atoms with Gasteiger partial charge in [0.2, 0.25) is 0 Å². The van der Waals surface area contributed by atoms with Crippen LogP contribution in [0.5, 0.6) is 0 Å². The van der Waals surface area contributed by atoms with E-state index in [0.29, 0.717) is 25.6 Å². The molecular formula is C19H21NO3. The predicted octanol–water partition coefficient (Wildman–Crippen LogP) is 3.31. The molecular weight excluding hydrogens is 290 g/mol. The molecule has 0 radical (unpaired) electrons. The lowest BCUT2D eigenvalue weighted by molar-refractivity contribution is 0.104. The van der Waals surface area contributed by atoms with Gasteiger partial charge in [-0.05, 0) is 23.1 Å².